The number of hydrogen-bond donors (Lipinski definition) is 1. The Hall–Kier alpha value is -0.670. The number of aryl methyl sites for hydroxylation is 1. The maximum Gasteiger partial charge on any atom is 0.119 e. The Morgan fingerprint density at radius 1 is 1.47 bits per heavy atom. The monoisotopic (exact) mass is 279 g/mol. The SMILES string of the molecule is CCC(C)SC1CCc2ccc(OC)cc2C1NC. The van der Waals surface area contributed by atoms with Gasteiger partial charge in [0.05, 0.1) is 7.11 Å². The molecule has 1 aliphatic carbocycles. The largest absolute Gasteiger partial charge is 0.497 e. The highest BCUT2D eigenvalue weighted by Crippen LogP contribution is 2.40. The van der Waals surface area contributed by atoms with Crippen molar-refractivity contribution in [3.63, 3.8) is 0 Å². The smallest absolute Gasteiger partial charge is 0.119 e. The van der Waals surface area contributed by atoms with Crippen molar-refractivity contribution >= 4 is 11.8 Å². The van der Waals surface area contributed by atoms with Crippen LogP contribution in [-0.2, 0) is 6.42 Å². The first-order valence-corrected chi connectivity index (χ1v) is 8.13. The Kier molecular flexibility index (Phi) is 5.17. The summed E-state index contributed by atoms with van der Waals surface area (Å²) in [4.78, 5) is 0. The second-order valence-electron chi connectivity index (χ2n) is 5.26. The Bertz CT molecular complexity index is 421. The lowest BCUT2D eigenvalue weighted by molar-refractivity contribution is 0.411. The predicted molar refractivity (Wildman–Crippen MR) is 84.2 cm³/mol. The number of hydrogen-bond acceptors (Lipinski definition) is 3. The molecule has 3 heteroatoms. The van der Waals surface area contributed by atoms with Crippen molar-refractivity contribution in [3.05, 3.63) is 29.3 Å². The van der Waals surface area contributed by atoms with Crippen molar-refractivity contribution in [3.8, 4) is 5.75 Å². The summed E-state index contributed by atoms with van der Waals surface area (Å²) < 4.78 is 5.38. The topological polar surface area (TPSA) is 21.3 Å². The Labute approximate surface area is 121 Å². The van der Waals surface area contributed by atoms with Gasteiger partial charge in [0.25, 0.3) is 0 Å². The summed E-state index contributed by atoms with van der Waals surface area (Å²) in [5, 5.41) is 4.91. The van der Waals surface area contributed by atoms with Crippen LogP contribution in [0.5, 0.6) is 5.75 Å². The van der Waals surface area contributed by atoms with E-state index >= 15 is 0 Å². The molecule has 19 heavy (non-hydrogen) atoms. The summed E-state index contributed by atoms with van der Waals surface area (Å²) in [6.45, 7) is 4.60. The van der Waals surface area contributed by atoms with E-state index in [-0.39, 0.29) is 0 Å². The van der Waals surface area contributed by atoms with Gasteiger partial charge in [0.1, 0.15) is 5.75 Å². The number of nitrogens with one attached hydrogen (secondary N) is 1. The molecule has 2 rings (SSSR count). The van der Waals surface area contributed by atoms with E-state index in [1.807, 2.05) is 0 Å². The first-order valence-electron chi connectivity index (χ1n) is 7.19. The lowest BCUT2D eigenvalue weighted by atomic mass is 9.87. The first-order chi connectivity index (χ1) is 9.19. The number of thioether (sulfide) groups is 1. The second kappa shape index (κ2) is 6.67. The quantitative estimate of drug-likeness (QED) is 0.886. The van der Waals surface area contributed by atoms with Gasteiger partial charge in [-0.05, 0) is 49.6 Å². The molecule has 0 radical (unpaired) electrons. The molecule has 0 amide bonds. The molecular weight excluding hydrogens is 254 g/mol. The maximum absolute atomic E-state index is 5.38. The highest BCUT2D eigenvalue weighted by atomic mass is 32.2. The molecule has 0 bridgehead atoms. The standard InChI is InChI=1S/C16H25NOS/c1-5-11(2)19-15-9-7-12-6-8-13(18-4)10-14(12)16(15)17-3/h6,8,10-11,15-17H,5,7,9H2,1-4H3. The highest BCUT2D eigenvalue weighted by Gasteiger charge is 2.30. The first kappa shape index (κ1) is 14.7. The van der Waals surface area contributed by atoms with Crippen molar-refractivity contribution in [2.24, 2.45) is 0 Å². The molecule has 3 unspecified atom stereocenters. The van der Waals surface area contributed by atoms with Gasteiger partial charge < -0.3 is 10.1 Å². The molecule has 0 fully saturated rings. The fourth-order valence-electron chi connectivity index (χ4n) is 2.76. The van der Waals surface area contributed by atoms with Crippen molar-refractivity contribution in [1.82, 2.24) is 5.32 Å². The summed E-state index contributed by atoms with van der Waals surface area (Å²) in [6, 6.07) is 6.95. The van der Waals surface area contributed by atoms with E-state index in [0.29, 0.717) is 11.3 Å². The van der Waals surface area contributed by atoms with Crippen LogP contribution in [0.1, 0.15) is 43.9 Å². The van der Waals surface area contributed by atoms with Crippen LogP contribution in [0.15, 0.2) is 18.2 Å². The number of ether oxygens (including phenoxy) is 1. The van der Waals surface area contributed by atoms with E-state index in [2.05, 4.69) is 56.2 Å². The minimum absolute atomic E-state index is 0.442. The molecule has 1 aliphatic rings. The molecule has 1 aromatic carbocycles. The van der Waals surface area contributed by atoms with E-state index in [1.165, 1.54) is 30.4 Å². The molecule has 0 spiro atoms. The summed E-state index contributed by atoms with van der Waals surface area (Å²) in [6.07, 6.45) is 3.69. The third-order valence-electron chi connectivity index (χ3n) is 4.05. The Balaban J connectivity index is 2.24. The number of benzene rings is 1. The number of fused-ring (bicyclic) bond motifs is 1. The van der Waals surface area contributed by atoms with Gasteiger partial charge in [0, 0.05) is 16.5 Å². The van der Waals surface area contributed by atoms with Gasteiger partial charge in [0.2, 0.25) is 0 Å². The molecule has 0 heterocycles. The van der Waals surface area contributed by atoms with Crippen LogP contribution in [0, 0.1) is 0 Å². The normalized spacial score (nSPS) is 23.8. The zero-order valence-electron chi connectivity index (χ0n) is 12.4. The zero-order chi connectivity index (χ0) is 13.8. The fourth-order valence-corrected chi connectivity index (χ4v) is 4.25. The van der Waals surface area contributed by atoms with Crippen molar-refractivity contribution in [2.75, 3.05) is 14.2 Å². The predicted octanol–water partition coefficient (Wildman–Crippen LogP) is 3.80. The molecule has 3 atom stereocenters. The summed E-state index contributed by atoms with van der Waals surface area (Å²) in [5.74, 6) is 0.966. The van der Waals surface area contributed by atoms with Gasteiger partial charge in [-0.15, -0.1) is 0 Å². The third kappa shape index (κ3) is 3.26. The van der Waals surface area contributed by atoms with Crippen LogP contribution in [0.2, 0.25) is 0 Å². The van der Waals surface area contributed by atoms with Crippen LogP contribution in [0.3, 0.4) is 0 Å². The minimum atomic E-state index is 0.442. The molecule has 106 valence electrons. The van der Waals surface area contributed by atoms with Crippen LogP contribution in [0.25, 0.3) is 0 Å². The second-order valence-corrected chi connectivity index (χ2v) is 6.95. The van der Waals surface area contributed by atoms with E-state index in [0.717, 1.165) is 11.0 Å². The summed E-state index contributed by atoms with van der Waals surface area (Å²) >= 11 is 2.13. The van der Waals surface area contributed by atoms with Gasteiger partial charge in [-0.2, -0.15) is 11.8 Å². The van der Waals surface area contributed by atoms with Gasteiger partial charge in [-0.1, -0.05) is 19.9 Å². The van der Waals surface area contributed by atoms with Crippen molar-refractivity contribution in [2.45, 2.75) is 49.7 Å². The molecule has 2 nitrogen and oxygen atoms in total. The van der Waals surface area contributed by atoms with E-state index in [9.17, 15) is 0 Å². The lowest BCUT2D eigenvalue weighted by Gasteiger charge is -2.34. The van der Waals surface area contributed by atoms with Crippen LogP contribution in [0.4, 0.5) is 0 Å². The van der Waals surface area contributed by atoms with Gasteiger partial charge in [-0.3, -0.25) is 0 Å². The average molecular weight is 279 g/mol. The van der Waals surface area contributed by atoms with Crippen molar-refractivity contribution < 1.29 is 4.74 Å². The molecule has 0 saturated heterocycles. The van der Waals surface area contributed by atoms with Crippen LogP contribution < -0.4 is 10.1 Å². The molecule has 1 aromatic rings. The number of methoxy groups -OCH3 is 1. The van der Waals surface area contributed by atoms with Crippen molar-refractivity contribution in [1.29, 1.82) is 0 Å². The highest BCUT2D eigenvalue weighted by molar-refractivity contribution is 8.00. The molecule has 0 saturated carbocycles. The molecule has 0 aliphatic heterocycles. The average Bonchev–Trinajstić information content (AvgIpc) is 2.46. The van der Waals surface area contributed by atoms with E-state index in [1.54, 1.807) is 7.11 Å². The lowest BCUT2D eigenvalue weighted by Crippen LogP contribution is -2.33. The Morgan fingerprint density at radius 3 is 2.89 bits per heavy atom. The minimum Gasteiger partial charge on any atom is -0.497 e. The molecule has 1 N–H and O–H groups in total. The fraction of sp³-hybridized carbons (Fsp3) is 0.625. The zero-order valence-corrected chi connectivity index (χ0v) is 13.2. The van der Waals surface area contributed by atoms with E-state index in [4.69, 9.17) is 4.74 Å². The molecule has 0 aromatic heterocycles. The van der Waals surface area contributed by atoms with Gasteiger partial charge in [-0.25, -0.2) is 0 Å². The molecular formula is C16H25NOS. The van der Waals surface area contributed by atoms with Gasteiger partial charge >= 0.3 is 0 Å². The van der Waals surface area contributed by atoms with E-state index < -0.39 is 0 Å². The van der Waals surface area contributed by atoms with Gasteiger partial charge in [0.15, 0.2) is 0 Å². The third-order valence-corrected chi connectivity index (χ3v) is 5.71. The summed E-state index contributed by atoms with van der Waals surface area (Å²) in [7, 11) is 3.81. The Morgan fingerprint density at radius 2 is 2.26 bits per heavy atom. The number of rotatable bonds is 5. The summed E-state index contributed by atoms with van der Waals surface area (Å²) in [5.41, 5.74) is 2.90. The maximum atomic E-state index is 5.38. The van der Waals surface area contributed by atoms with Crippen LogP contribution in [-0.4, -0.2) is 24.7 Å². The van der Waals surface area contributed by atoms with Crippen LogP contribution >= 0.6 is 11.8 Å².